The van der Waals surface area contributed by atoms with Crippen molar-refractivity contribution in [2.75, 3.05) is 20.7 Å². The van der Waals surface area contributed by atoms with Crippen molar-refractivity contribution in [1.29, 1.82) is 0 Å². The van der Waals surface area contributed by atoms with Gasteiger partial charge in [-0.3, -0.25) is 4.79 Å². The fourth-order valence-electron chi connectivity index (χ4n) is 2.69. The number of hydrogen-bond donors (Lipinski definition) is 2. The molecular formula is C17H26N2O3. The van der Waals surface area contributed by atoms with Gasteiger partial charge in [-0.25, -0.2) is 0 Å². The number of rotatable bonds is 8. The zero-order valence-corrected chi connectivity index (χ0v) is 13.5. The number of ether oxygens (including phenoxy) is 2. The highest BCUT2D eigenvalue weighted by Crippen LogP contribution is 2.34. The van der Waals surface area contributed by atoms with Crippen LogP contribution < -0.4 is 20.1 Å². The number of amides is 1. The molecule has 1 saturated carbocycles. The minimum atomic E-state index is 0.0315. The molecule has 122 valence electrons. The van der Waals surface area contributed by atoms with Crippen molar-refractivity contribution < 1.29 is 14.3 Å². The lowest BCUT2D eigenvalue weighted by atomic mass is 10.1. The summed E-state index contributed by atoms with van der Waals surface area (Å²) in [4.78, 5) is 11.8. The molecule has 0 saturated heterocycles. The van der Waals surface area contributed by atoms with Gasteiger partial charge in [0, 0.05) is 25.1 Å². The first-order chi connectivity index (χ1) is 10.7. The van der Waals surface area contributed by atoms with Crippen LogP contribution in [0.25, 0.3) is 0 Å². The van der Waals surface area contributed by atoms with Gasteiger partial charge in [0.2, 0.25) is 5.91 Å². The van der Waals surface area contributed by atoms with E-state index in [2.05, 4.69) is 10.6 Å². The van der Waals surface area contributed by atoms with Crippen LogP contribution in [-0.4, -0.2) is 32.7 Å². The fourth-order valence-corrected chi connectivity index (χ4v) is 2.69. The lowest BCUT2D eigenvalue weighted by molar-refractivity contribution is -0.121. The molecule has 1 aliphatic carbocycles. The van der Waals surface area contributed by atoms with Gasteiger partial charge in [0.1, 0.15) is 0 Å². The number of carbonyl (C=O) groups is 1. The number of nitrogens with one attached hydrogen (secondary N) is 2. The van der Waals surface area contributed by atoms with Gasteiger partial charge >= 0.3 is 0 Å². The number of para-hydroxylation sites is 1. The second-order valence-electron chi connectivity index (χ2n) is 5.60. The highest BCUT2D eigenvalue weighted by Gasteiger charge is 2.20. The van der Waals surface area contributed by atoms with Crippen molar-refractivity contribution >= 4 is 5.91 Å². The van der Waals surface area contributed by atoms with Crippen LogP contribution >= 0.6 is 0 Å². The fraction of sp³-hybridized carbons (Fsp3) is 0.588. The molecule has 2 rings (SSSR count). The van der Waals surface area contributed by atoms with E-state index in [1.807, 2.05) is 25.2 Å². The maximum atomic E-state index is 11.8. The van der Waals surface area contributed by atoms with E-state index in [1.54, 1.807) is 7.11 Å². The summed E-state index contributed by atoms with van der Waals surface area (Å²) in [6.07, 6.45) is 5.35. The van der Waals surface area contributed by atoms with Gasteiger partial charge in [-0.2, -0.15) is 0 Å². The van der Waals surface area contributed by atoms with Gasteiger partial charge in [0.05, 0.1) is 13.2 Å². The Bertz CT molecular complexity index is 485. The molecule has 0 radical (unpaired) electrons. The Morgan fingerprint density at radius 3 is 2.77 bits per heavy atom. The summed E-state index contributed by atoms with van der Waals surface area (Å²) in [7, 11) is 3.48. The van der Waals surface area contributed by atoms with Crippen LogP contribution in [0.2, 0.25) is 0 Å². The Balaban J connectivity index is 2.03. The maximum Gasteiger partial charge on any atom is 0.221 e. The lowest BCUT2D eigenvalue weighted by Crippen LogP contribution is -2.26. The van der Waals surface area contributed by atoms with Crippen LogP contribution in [0, 0.1) is 0 Å². The Morgan fingerprint density at radius 2 is 2.09 bits per heavy atom. The molecule has 5 heteroatoms. The van der Waals surface area contributed by atoms with Crippen LogP contribution in [0.3, 0.4) is 0 Å². The summed E-state index contributed by atoms with van der Waals surface area (Å²) in [5.74, 6) is 1.53. The second-order valence-corrected chi connectivity index (χ2v) is 5.60. The van der Waals surface area contributed by atoms with Crippen LogP contribution in [0.4, 0.5) is 0 Å². The zero-order valence-electron chi connectivity index (χ0n) is 13.5. The highest BCUT2D eigenvalue weighted by atomic mass is 16.5. The first-order valence-electron chi connectivity index (χ1n) is 7.98. The molecule has 5 nitrogen and oxygen atoms in total. The van der Waals surface area contributed by atoms with Crippen molar-refractivity contribution in [3.05, 3.63) is 23.8 Å². The Kier molecular flexibility index (Phi) is 6.52. The van der Waals surface area contributed by atoms with E-state index in [0.717, 1.165) is 29.9 Å². The molecule has 1 fully saturated rings. The molecule has 1 amide bonds. The van der Waals surface area contributed by atoms with E-state index in [4.69, 9.17) is 9.47 Å². The van der Waals surface area contributed by atoms with Crippen LogP contribution in [0.1, 0.15) is 37.7 Å². The molecule has 0 aliphatic heterocycles. The average molecular weight is 306 g/mol. The highest BCUT2D eigenvalue weighted by molar-refractivity contribution is 5.76. The van der Waals surface area contributed by atoms with Gasteiger partial charge < -0.3 is 20.1 Å². The van der Waals surface area contributed by atoms with Crippen molar-refractivity contribution in [2.24, 2.45) is 0 Å². The molecule has 0 atom stereocenters. The van der Waals surface area contributed by atoms with Gasteiger partial charge in [-0.15, -0.1) is 0 Å². The van der Waals surface area contributed by atoms with Crippen LogP contribution in [0.15, 0.2) is 18.2 Å². The molecule has 2 N–H and O–H groups in total. The molecule has 0 spiro atoms. The molecule has 0 aromatic heterocycles. The van der Waals surface area contributed by atoms with E-state index in [-0.39, 0.29) is 12.0 Å². The normalized spacial score (nSPS) is 14.8. The standard InChI is InChI=1S/C17H26N2O3/c1-18-11-10-16(20)19-12-13-6-5-9-15(21-2)17(13)22-14-7-3-4-8-14/h5-6,9,14,18H,3-4,7-8,10-12H2,1-2H3,(H,19,20). The second kappa shape index (κ2) is 8.63. The van der Waals surface area contributed by atoms with Crippen LogP contribution in [-0.2, 0) is 11.3 Å². The van der Waals surface area contributed by atoms with Gasteiger partial charge in [0.15, 0.2) is 11.5 Å². The minimum absolute atomic E-state index is 0.0315. The SMILES string of the molecule is CNCCC(=O)NCc1cccc(OC)c1OC1CCCC1. The van der Waals surface area contributed by atoms with Crippen molar-refractivity contribution in [3.63, 3.8) is 0 Å². The van der Waals surface area contributed by atoms with Crippen LogP contribution in [0.5, 0.6) is 11.5 Å². The van der Waals surface area contributed by atoms with Crippen molar-refractivity contribution in [3.8, 4) is 11.5 Å². The molecule has 1 aromatic rings. The maximum absolute atomic E-state index is 11.8. The zero-order chi connectivity index (χ0) is 15.8. The summed E-state index contributed by atoms with van der Waals surface area (Å²) in [6.45, 7) is 1.14. The Morgan fingerprint density at radius 1 is 1.32 bits per heavy atom. The predicted octanol–water partition coefficient (Wildman–Crippen LogP) is 2.24. The third kappa shape index (κ3) is 4.63. The average Bonchev–Trinajstić information content (AvgIpc) is 3.04. The molecule has 1 aliphatic rings. The van der Waals surface area contributed by atoms with E-state index in [9.17, 15) is 4.79 Å². The smallest absolute Gasteiger partial charge is 0.221 e. The summed E-state index contributed by atoms with van der Waals surface area (Å²) < 4.78 is 11.6. The quantitative estimate of drug-likeness (QED) is 0.773. The third-order valence-corrected chi connectivity index (χ3v) is 3.95. The number of hydrogen-bond acceptors (Lipinski definition) is 4. The number of benzene rings is 1. The Hall–Kier alpha value is -1.75. The van der Waals surface area contributed by atoms with Gasteiger partial charge in [-0.1, -0.05) is 12.1 Å². The Labute approximate surface area is 132 Å². The lowest BCUT2D eigenvalue weighted by Gasteiger charge is -2.19. The first kappa shape index (κ1) is 16.6. The molecular weight excluding hydrogens is 280 g/mol. The largest absolute Gasteiger partial charge is 0.493 e. The van der Waals surface area contributed by atoms with Gasteiger partial charge in [0.25, 0.3) is 0 Å². The summed E-state index contributed by atoms with van der Waals surface area (Å²) in [5.41, 5.74) is 0.962. The predicted molar refractivity (Wildman–Crippen MR) is 86.3 cm³/mol. The molecule has 0 heterocycles. The number of carbonyl (C=O) groups excluding carboxylic acids is 1. The first-order valence-corrected chi connectivity index (χ1v) is 7.98. The number of methoxy groups -OCH3 is 1. The molecule has 1 aromatic carbocycles. The molecule has 22 heavy (non-hydrogen) atoms. The van der Waals surface area contributed by atoms with Crippen molar-refractivity contribution in [1.82, 2.24) is 10.6 Å². The molecule has 0 unspecified atom stereocenters. The monoisotopic (exact) mass is 306 g/mol. The summed E-state index contributed by atoms with van der Waals surface area (Å²) in [6, 6.07) is 5.80. The minimum Gasteiger partial charge on any atom is -0.493 e. The summed E-state index contributed by atoms with van der Waals surface area (Å²) in [5, 5.41) is 5.91. The molecule has 0 bridgehead atoms. The summed E-state index contributed by atoms with van der Waals surface area (Å²) >= 11 is 0. The van der Waals surface area contributed by atoms with Crippen molar-refractivity contribution in [2.45, 2.75) is 44.8 Å². The van der Waals surface area contributed by atoms with E-state index in [1.165, 1.54) is 12.8 Å². The third-order valence-electron chi connectivity index (χ3n) is 3.95. The topological polar surface area (TPSA) is 59.6 Å². The van der Waals surface area contributed by atoms with E-state index in [0.29, 0.717) is 19.5 Å². The van der Waals surface area contributed by atoms with E-state index < -0.39 is 0 Å². The van der Waals surface area contributed by atoms with Gasteiger partial charge in [-0.05, 0) is 38.8 Å². The van der Waals surface area contributed by atoms with E-state index >= 15 is 0 Å².